The molecule has 0 spiro atoms. The highest BCUT2D eigenvalue weighted by Gasteiger charge is 2.57. The maximum Gasteiger partial charge on any atom is 0.306 e. The summed E-state index contributed by atoms with van der Waals surface area (Å²) in [5.41, 5.74) is 0.945. The zero-order valence-corrected chi connectivity index (χ0v) is 19.5. The SMILES string of the molecule is COc1ccc(NC(C)=O)cc1NC(=O)COC(=O)CC12C[C@H]3C[C@@H](CC(Br)(C3)C1)C2. The molecule has 4 aliphatic carbocycles. The Balaban J connectivity index is 1.32. The number of hydrogen-bond donors (Lipinski definition) is 2. The number of halogens is 1. The standard InChI is InChI=1S/C23H29BrN2O5/c1-14(27)25-17-3-4-19(30-2)18(6-17)26-20(28)12-31-21(29)11-22-7-15-5-16(8-22)10-23(24,9-15)13-22/h3-4,6,15-16H,5,7-13H2,1-2H3,(H,25,27)(H,26,28)/t15-,16-,22?,23?/m1/s1. The Morgan fingerprint density at radius 1 is 1.13 bits per heavy atom. The molecule has 168 valence electrons. The van der Waals surface area contributed by atoms with E-state index in [0.29, 0.717) is 35.4 Å². The van der Waals surface area contributed by atoms with E-state index in [1.807, 2.05) is 0 Å². The third-order valence-corrected chi connectivity index (χ3v) is 7.72. The molecule has 0 saturated heterocycles. The van der Waals surface area contributed by atoms with E-state index in [0.717, 1.165) is 19.3 Å². The number of methoxy groups -OCH3 is 1. The minimum atomic E-state index is -0.450. The summed E-state index contributed by atoms with van der Waals surface area (Å²) in [6.45, 7) is 1.05. The van der Waals surface area contributed by atoms with Gasteiger partial charge >= 0.3 is 5.97 Å². The number of amides is 2. The van der Waals surface area contributed by atoms with Crippen LogP contribution in [0.5, 0.6) is 5.75 Å². The van der Waals surface area contributed by atoms with Crippen LogP contribution in [0.15, 0.2) is 18.2 Å². The van der Waals surface area contributed by atoms with Gasteiger partial charge in [-0.25, -0.2) is 0 Å². The molecule has 4 aliphatic rings. The van der Waals surface area contributed by atoms with Gasteiger partial charge in [-0.3, -0.25) is 14.4 Å². The first-order valence-corrected chi connectivity index (χ1v) is 11.6. The van der Waals surface area contributed by atoms with Crippen LogP contribution in [0.25, 0.3) is 0 Å². The van der Waals surface area contributed by atoms with Crippen molar-refractivity contribution in [1.82, 2.24) is 0 Å². The van der Waals surface area contributed by atoms with Crippen LogP contribution in [-0.2, 0) is 19.1 Å². The van der Waals surface area contributed by atoms with Gasteiger partial charge < -0.3 is 20.1 Å². The van der Waals surface area contributed by atoms with E-state index in [1.165, 1.54) is 33.3 Å². The van der Waals surface area contributed by atoms with Crippen molar-refractivity contribution in [3.8, 4) is 5.75 Å². The Kier molecular flexibility index (Phi) is 6.03. The van der Waals surface area contributed by atoms with Crippen molar-refractivity contribution >= 4 is 45.1 Å². The average Bonchev–Trinajstić information content (AvgIpc) is 2.64. The third-order valence-electron chi connectivity index (χ3n) is 6.79. The molecular weight excluding hydrogens is 464 g/mol. The Morgan fingerprint density at radius 3 is 2.45 bits per heavy atom. The summed E-state index contributed by atoms with van der Waals surface area (Å²) in [7, 11) is 1.49. The number of anilines is 2. The second-order valence-electron chi connectivity index (χ2n) is 9.59. The first-order valence-electron chi connectivity index (χ1n) is 10.8. The summed E-state index contributed by atoms with van der Waals surface area (Å²) in [5, 5.41) is 5.36. The molecule has 4 saturated carbocycles. The molecular formula is C23H29BrN2O5. The number of carbonyl (C=O) groups is 3. The molecule has 2 N–H and O–H groups in total. The van der Waals surface area contributed by atoms with Crippen LogP contribution in [0.2, 0.25) is 0 Å². The molecule has 0 aromatic heterocycles. The zero-order valence-electron chi connectivity index (χ0n) is 18.0. The molecule has 0 unspecified atom stereocenters. The van der Waals surface area contributed by atoms with Crippen LogP contribution in [0.1, 0.15) is 51.9 Å². The van der Waals surface area contributed by atoms with Crippen molar-refractivity contribution in [2.24, 2.45) is 17.3 Å². The normalized spacial score (nSPS) is 30.5. The highest BCUT2D eigenvalue weighted by molar-refractivity contribution is 9.10. The number of carbonyl (C=O) groups excluding carboxylic acids is 3. The average molecular weight is 493 g/mol. The molecule has 4 fully saturated rings. The monoisotopic (exact) mass is 492 g/mol. The molecule has 0 aliphatic heterocycles. The molecule has 4 bridgehead atoms. The van der Waals surface area contributed by atoms with Gasteiger partial charge in [-0.1, -0.05) is 15.9 Å². The number of ether oxygens (including phenoxy) is 2. The first-order chi connectivity index (χ1) is 14.7. The number of hydrogen-bond acceptors (Lipinski definition) is 5. The summed E-state index contributed by atoms with van der Waals surface area (Å²) in [6.07, 6.45) is 7.27. The fourth-order valence-corrected chi connectivity index (χ4v) is 7.83. The molecule has 8 heteroatoms. The predicted molar refractivity (Wildman–Crippen MR) is 120 cm³/mol. The van der Waals surface area contributed by atoms with E-state index in [2.05, 4.69) is 26.6 Å². The molecule has 31 heavy (non-hydrogen) atoms. The van der Waals surface area contributed by atoms with Crippen molar-refractivity contribution in [1.29, 1.82) is 0 Å². The lowest BCUT2D eigenvalue weighted by Gasteiger charge is -2.60. The first kappa shape index (κ1) is 22.1. The Bertz CT molecular complexity index is 888. The van der Waals surface area contributed by atoms with Crippen LogP contribution in [0.4, 0.5) is 11.4 Å². The minimum Gasteiger partial charge on any atom is -0.495 e. The topological polar surface area (TPSA) is 93.7 Å². The van der Waals surface area contributed by atoms with Crippen molar-refractivity contribution in [3.05, 3.63) is 18.2 Å². The molecule has 0 radical (unpaired) electrons. The van der Waals surface area contributed by atoms with Crippen LogP contribution in [0, 0.1) is 17.3 Å². The number of rotatable bonds is 7. The van der Waals surface area contributed by atoms with Gasteiger partial charge in [-0.15, -0.1) is 0 Å². The maximum atomic E-state index is 12.6. The highest BCUT2D eigenvalue weighted by Crippen LogP contribution is 2.65. The van der Waals surface area contributed by atoms with Gasteiger partial charge in [-0.05, 0) is 74.0 Å². The molecule has 7 nitrogen and oxygen atoms in total. The second kappa shape index (κ2) is 8.45. The Labute approximate surface area is 190 Å². The predicted octanol–water partition coefficient (Wildman–Crippen LogP) is 4.26. The fourth-order valence-electron chi connectivity index (χ4n) is 6.32. The van der Waals surface area contributed by atoms with Gasteiger partial charge in [0.15, 0.2) is 6.61 Å². The summed E-state index contributed by atoms with van der Waals surface area (Å²) >= 11 is 3.96. The summed E-state index contributed by atoms with van der Waals surface area (Å²) < 4.78 is 10.8. The van der Waals surface area contributed by atoms with E-state index >= 15 is 0 Å². The summed E-state index contributed by atoms with van der Waals surface area (Å²) in [5.74, 6) is 0.859. The number of esters is 1. The largest absolute Gasteiger partial charge is 0.495 e. The van der Waals surface area contributed by atoms with E-state index in [-0.39, 0.29) is 28.2 Å². The lowest BCUT2D eigenvalue weighted by atomic mass is 9.49. The third kappa shape index (κ3) is 5.05. The minimum absolute atomic E-state index is 0.0110. The van der Waals surface area contributed by atoms with Crippen LogP contribution in [0.3, 0.4) is 0 Å². The van der Waals surface area contributed by atoms with Crippen molar-refractivity contribution in [3.63, 3.8) is 0 Å². The molecule has 1 aromatic rings. The number of nitrogens with one attached hydrogen (secondary N) is 2. The molecule has 2 amide bonds. The van der Waals surface area contributed by atoms with Gasteiger partial charge in [0, 0.05) is 16.9 Å². The molecule has 5 rings (SSSR count). The molecule has 2 atom stereocenters. The smallest absolute Gasteiger partial charge is 0.306 e. The van der Waals surface area contributed by atoms with E-state index in [4.69, 9.17) is 9.47 Å². The van der Waals surface area contributed by atoms with E-state index in [1.54, 1.807) is 18.2 Å². The van der Waals surface area contributed by atoms with Crippen LogP contribution < -0.4 is 15.4 Å². The molecule has 1 aromatic carbocycles. The second-order valence-corrected chi connectivity index (χ2v) is 11.3. The zero-order chi connectivity index (χ0) is 22.2. The van der Waals surface area contributed by atoms with Gasteiger partial charge in [0.2, 0.25) is 5.91 Å². The van der Waals surface area contributed by atoms with Gasteiger partial charge in [0.1, 0.15) is 5.75 Å². The lowest BCUT2D eigenvalue weighted by Crippen LogP contribution is -2.53. The fraction of sp³-hybridized carbons (Fsp3) is 0.609. The highest BCUT2D eigenvalue weighted by atomic mass is 79.9. The van der Waals surface area contributed by atoms with Crippen LogP contribution in [-0.4, -0.2) is 35.8 Å². The number of benzene rings is 1. The van der Waals surface area contributed by atoms with E-state index < -0.39 is 5.91 Å². The van der Waals surface area contributed by atoms with E-state index in [9.17, 15) is 14.4 Å². The van der Waals surface area contributed by atoms with Gasteiger partial charge in [0.05, 0.1) is 19.2 Å². The Hall–Kier alpha value is -2.09. The van der Waals surface area contributed by atoms with Crippen molar-refractivity contribution < 1.29 is 23.9 Å². The number of alkyl halides is 1. The summed E-state index contributed by atoms with van der Waals surface area (Å²) in [4.78, 5) is 36.3. The maximum absolute atomic E-state index is 12.6. The van der Waals surface area contributed by atoms with Crippen molar-refractivity contribution in [2.45, 2.75) is 56.2 Å². The lowest BCUT2D eigenvalue weighted by molar-refractivity contribution is -0.153. The van der Waals surface area contributed by atoms with Crippen LogP contribution >= 0.6 is 15.9 Å². The van der Waals surface area contributed by atoms with Crippen molar-refractivity contribution in [2.75, 3.05) is 24.4 Å². The van der Waals surface area contributed by atoms with Gasteiger partial charge in [0.25, 0.3) is 5.91 Å². The Morgan fingerprint density at radius 2 is 1.84 bits per heavy atom. The molecule has 0 heterocycles. The van der Waals surface area contributed by atoms with Gasteiger partial charge in [-0.2, -0.15) is 0 Å². The quantitative estimate of drug-likeness (QED) is 0.438. The summed E-state index contributed by atoms with van der Waals surface area (Å²) in [6, 6.07) is 4.93.